The van der Waals surface area contributed by atoms with Gasteiger partial charge >= 0.3 is 5.97 Å². The van der Waals surface area contributed by atoms with Crippen molar-refractivity contribution in [2.75, 3.05) is 13.2 Å². The third-order valence-corrected chi connectivity index (χ3v) is 1.97. The van der Waals surface area contributed by atoms with Gasteiger partial charge in [-0.25, -0.2) is 0 Å². The predicted octanol–water partition coefficient (Wildman–Crippen LogP) is 1.35. The van der Waals surface area contributed by atoms with Gasteiger partial charge in [-0.1, -0.05) is 6.92 Å². The zero-order valence-corrected chi connectivity index (χ0v) is 8.09. The number of carbonyl (C=O) groups excluding carboxylic acids is 1. The summed E-state index contributed by atoms with van der Waals surface area (Å²) in [5.41, 5.74) is -0.393. The van der Waals surface area contributed by atoms with Gasteiger partial charge in [0.15, 0.2) is 0 Å². The van der Waals surface area contributed by atoms with Crippen molar-refractivity contribution in [1.82, 2.24) is 0 Å². The van der Waals surface area contributed by atoms with E-state index in [9.17, 15) is 4.79 Å². The topological polar surface area (TPSA) is 46.5 Å². The molecule has 0 unspecified atom stereocenters. The van der Waals surface area contributed by atoms with Crippen molar-refractivity contribution in [2.24, 2.45) is 5.41 Å². The number of carbonyl (C=O) groups is 1. The molecule has 3 nitrogen and oxygen atoms in total. The molecule has 0 aromatic rings. The SMILES string of the molecule is CCC(C)(C)C(=O)OCCCO. The molecule has 0 atom stereocenters. The molecular weight excluding hydrogens is 156 g/mol. The van der Waals surface area contributed by atoms with Crippen LogP contribution in [0, 0.1) is 5.41 Å². The first-order valence-corrected chi connectivity index (χ1v) is 4.32. The molecule has 0 fully saturated rings. The number of aliphatic hydroxyl groups excluding tert-OH is 1. The Labute approximate surface area is 73.7 Å². The van der Waals surface area contributed by atoms with Crippen LogP contribution in [0.25, 0.3) is 0 Å². The molecule has 0 heterocycles. The van der Waals surface area contributed by atoms with Crippen LogP contribution >= 0.6 is 0 Å². The van der Waals surface area contributed by atoms with Crippen LogP contribution in [0.2, 0.25) is 0 Å². The summed E-state index contributed by atoms with van der Waals surface area (Å²) in [5, 5.41) is 8.45. The van der Waals surface area contributed by atoms with Crippen LogP contribution in [0.4, 0.5) is 0 Å². The Balaban J connectivity index is 3.72. The quantitative estimate of drug-likeness (QED) is 0.505. The number of rotatable bonds is 5. The molecule has 0 radical (unpaired) electrons. The Hall–Kier alpha value is -0.570. The van der Waals surface area contributed by atoms with Crippen LogP contribution in [0.5, 0.6) is 0 Å². The lowest BCUT2D eigenvalue weighted by atomic mass is 9.91. The van der Waals surface area contributed by atoms with Crippen molar-refractivity contribution in [1.29, 1.82) is 0 Å². The van der Waals surface area contributed by atoms with Gasteiger partial charge in [0.2, 0.25) is 0 Å². The number of ether oxygens (including phenoxy) is 1. The van der Waals surface area contributed by atoms with Crippen LogP contribution in [-0.2, 0) is 9.53 Å². The minimum Gasteiger partial charge on any atom is -0.465 e. The summed E-state index contributed by atoms with van der Waals surface area (Å²) in [6.07, 6.45) is 1.29. The van der Waals surface area contributed by atoms with Crippen LogP contribution in [-0.4, -0.2) is 24.3 Å². The standard InChI is InChI=1S/C9H18O3/c1-4-9(2,3)8(11)12-7-5-6-10/h10H,4-7H2,1-3H3. The van der Waals surface area contributed by atoms with Crippen molar-refractivity contribution in [3.63, 3.8) is 0 Å². The molecule has 3 heteroatoms. The lowest BCUT2D eigenvalue weighted by Gasteiger charge is -2.19. The largest absolute Gasteiger partial charge is 0.465 e. The molecule has 0 aliphatic carbocycles. The summed E-state index contributed by atoms with van der Waals surface area (Å²) in [5.74, 6) is -0.182. The van der Waals surface area contributed by atoms with Gasteiger partial charge in [-0.2, -0.15) is 0 Å². The normalized spacial score (nSPS) is 11.3. The summed E-state index contributed by atoms with van der Waals surface area (Å²) in [7, 11) is 0. The molecule has 0 bridgehead atoms. The maximum Gasteiger partial charge on any atom is 0.311 e. The van der Waals surface area contributed by atoms with E-state index in [1.165, 1.54) is 0 Å². The minimum atomic E-state index is -0.393. The molecule has 0 saturated heterocycles. The van der Waals surface area contributed by atoms with Gasteiger partial charge in [-0.05, 0) is 20.3 Å². The maximum absolute atomic E-state index is 11.3. The summed E-state index contributed by atoms with van der Waals surface area (Å²) in [6.45, 7) is 6.05. The fourth-order valence-corrected chi connectivity index (χ4v) is 0.569. The van der Waals surface area contributed by atoms with Crippen molar-refractivity contribution in [3.05, 3.63) is 0 Å². The second kappa shape index (κ2) is 5.14. The highest BCUT2D eigenvalue weighted by atomic mass is 16.5. The monoisotopic (exact) mass is 174 g/mol. The van der Waals surface area contributed by atoms with E-state index in [1.54, 1.807) is 0 Å². The Kier molecular flexibility index (Phi) is 4.90. The van der Waals surface area contributed by atoms with Gasteiger partial charge in [-0.15, -0.1) is 0 Å². The molecule has 0 rings (SSSR count). The Bertz CT molecular complexity index is 141. The summed E-state index contributed by atoms with van der Waals surface area (Å²) in [6, 6.07) is 0. The van der Waals surface area contributed by atoms with Crippen LogP contribution in [0.3, 0.4) is 0 Å². The van der Waals surface area contributed by atoms with Gasteiger partial charge in [0.25, 0.3) is 0 Å². The van der Waals surface area contributed by atoms with Gasteiger partial charge < -0.3 is 9.84 Å². The molecule has 0 aliphatic heterocycles. The van der Waals surface area contributed by atoms with Crippen molar-refractivity contribution in [2.45, 2.75) is 33.6 Å². The Morgan fingerprint density at radius 1 is 1.50 bits per heavy atom. The molecule has 72 valence electrons. The first-order chi connectivity index (χ1) is 5.54. The first-order valence-electron chi connectivity index (χ1n) is 4.32. The molecule has 0 aromatic heterocycles. The highest BCUT2D eigenvalue weighted by molar-refractivity contribution is 5.75. The molecule has 0 spiro atoms. The molecule has 0 saturated carbocycles. The molecule has 0 aliphatic rings. The number of hydrogen-bond acceptors (Lipinski definition) is 3. The Morgan fingerprint density at radius 2 is 2.08 bits per heavy atom. The van der Waals surface area contributed by atoms with Crippen LogP contribution < -0.4 is 0 Å². The second-order valence-corrected chi connectivity index (χ2v) is 3.45. The van der Waals surface area contributed by atoms with E-state index in [-0.39, 0.29) is 12.6 Å². The molecule has 12 heavy (non-hydrogen) atoms. The van der Waals surface area contributed by atoms with Gasteiger partial charge in [0, 0.05) is 13.0 Å². The number of hydrogen-bond donors (Lipinski definition) is 1. The summed E-state index contributed by atoms with van der Waals surface area (Å²) >= 11 is 0. The number of aliphatic hydroxyl groups is 1. The first kappa shape index (κ1) is 11.4. The zero-order chi connectivity index (χ0) is 9.61. The van der Waals surface area contributed by atoms with E-state index in [0.29, 0.717) is 13.0 Å². The Morgan fingerprint density at radius 3 is 2.50 bits per heavy atom. The van der Waals surface area contributed by atoms with Crippen LogP contribution in [0.15, 0.2) is 0 Å². The van der Waals surface area contributed by atoms with Gasteiger partial charge in [0.05, 0.1) is 12.0 Å². The van der Waals surface area contributed by atoms with Crippen LogP contribution in [0.1, 0.15) is 33.6 Å². The van der Waals surface area contributed by atoms with E-state index < -0.39 is 5.41 Å². The molecule has 1 N–H and O–H groups in total. The van der Waals surface area contributed by atoms with E-state index in [1.807, 2.05) is 20.8 Å². The summed E-state index contributed by atoms with van der Waals surface area (Å²) in [4.78, 5) is 11.3. The maximum atomic E-state index is 11.3. The average Bonchev–Trinajstić information content (AvgIpc) is 2.05. The zero-order valence-electron chi connectivity index (χ0n) is 8.09. The lowest BCUT2D eigenvalue weighted by Crippen LogP contribution is -2.26. The third-order valence-electron chi connectivity index (χ3n) is 1.97. The van der Waals surface area contributed by atoms with Gasteiger partial charge in [-0.3, -0.25) is 4.79 Å². The number of esters is 1. The average molecular weight is 174 g/mol. The second-order valence-electron chi connectivity index (χ2n) is 3.45. The predicted molar refractivity (Wildman–Crippen MR) is 46.7 cm³/mol. The highest BCUT2D eigenvalue weighted by Crippen LogP contribution is 2.21. The third kappa shape index (κ3) is 3.72. The molecular formula is C9H18O3. The van der Waals surface area contributed by atoms with Gasteiger partial charge in [0.1, 0.15) is 0 Å². The van der Waals surface area contributed by atoms with E-state index >= 15 is 0 Å². The highest BCUT2D eigenvalue weighted by Gasteiger charge is 2.26. The van der Waals surface area contributed by atoms with E-state index in [4.69, 9.17) is 9.84 Å². The van der Waals surface area contributed by atoms with E-state index in [2.05, 4.69) is 0 Å². The fourth-order valence-electron chi connectivity index (χ4n) is 0.569. The smallest absolute Gasteiger partial charge is 0.311 e. The van der Waals surface area contributed by atoms with Crippen molar-refractivity contribution < 1.29 is 14.6 Å². The minimum absolute atomic E-state index is 0.0693. The molecule has 0 amide bonds. The van der Waals surface area contributed by atoms with Crippen molar-refractivity contribution >= 4 is 5.97 Å². The fraction of sp³-hybridized carbons (Fsp3) is 0.889. The summed E-state index contributed by atoms with van der Waals surface area (Å²) < 4.78 is 4.94. The molecule has 0 aromatic carbocycles. The van der Waals surface area contributed by atoms with E-state index in [0.717, 1.165) is 6.42 Å². The lowest BCUT2D eigenvalue weighted by molar-refractivity contribution is -0.154. The van der Waals surface area contributed by atoms with Crippen molar-refractivity contribution in [3.8, 4) is 0 Å².